The van der Waals surface area contributed by atoms with Crippen molar-refractivity contribution in [2.24, 2.45) is 0 Å². The fourth-order valence-electron chi connectivity index (χ4n) is 3.14. The van der Waals surface area contributed by atoms with Crippen molar-refractivity contribution < 1.29 is 4.57 Å². The average Bonchev–Trinajstić information content (AvgIpc) is 2.67. The molecule has 3 aromatic rings. The van der Waals surface area contributed by atoms with E-state index in [-0.39, 0.29) is 4.61 Å². The van der Waals surface area contributed by atoms with Gasteiger partial charge in [0.15, 0.2) is 7.14 Å². The van der Waals surface area contributed by atoms with Crippen LogP contribution in [0.4, 0.5) is 0 Å². The van der Waals surface area contributed by atoms with Crippen LogP contribution < -0.4 is 10.6 Å². The Balaban J connectivity index is 2.19. The summed E-state index contributed by atoms with van der Waals surface area (Å²) >= 11 is 1.79. The quantitative estimate of drug-likeness (QED) is 0.289. The highest BCUT2D eigenvalue weighted by Gasteiger charge is 2.44. The Bertz CT molecular complexity index is 833. The summed E-state index contributed by atoms with van der Waals surface area (Å²) in [7, 11) is -4.57. The highest BCUT2D eigenvalue weighted by molar-refractivity contribution is 8.11. The smallest absolute Gasteiger partial charge is 0.153 e. The minimum atomic E-state index is -2.80. The summed E-state index contributed by atoms with van der Waals surface area (Å²) in [6, 6.07) is 30.5. The van der Waals surface area contributed by atoms with Crippen LogP contribution >= 0.6 is 18.9 Å². The summed E-state index contributed by atoms with van der Waals surface area (Å²) in [6.07, 6.45) is 0. The van der Waals surface area contributed by atoms with E-state index in [0.29, 0.717) is 0 Å². The summed E-state index contributed by atoms with van der Waals surface area (Å²) in [4.78, 5) is 1.19. The van der Waals surface area contributed by atoms with Crippen molar-refractivity contribution >= 4 is 37.6 Å². The number of hydrogen-bond acceptors (Lipinski definition) is 2. The zero-order valence-electron chi connectivity index (χ0n) is 15.5. The third-order valence-corrected chi connectivity index (χ3v) is 16.5. The molecule has 0 bridgehead atoms. The maximum Gasteiger partial charge on any atom is 0.153 e. The zero-order chi connectivity index (χ0) is 18.6. The molecule has 0 fully saturated rings. The lowest BCUT2D eigenvalue weighted by atomic mass is 10.4. The van der Waals surface area contributed by atoms with E-state index in [1.165, 1.54) is 4.90 Å². The molecule has 0 aromatic heterocycles. The van der Waals surface area contributed by atoms with Gasteiger partial charge in [0, 0.05) is 15.5 Å². The van der Waals surface area contributed by atoms with E-state index in [1.54, 1.807) is 11.8 Å². The van der Waals surface area contributed by atoms with Crippen LogP contribution in [0, 0.1) is 0 Å². The third-order valence-electron chi connectivity index (χ3n) is 4.34. The summed E-state index contributed by atoms with van der Waals surface area (Å²) in [5, 5.41) is 1.92. The molecule has 0 N–H and O–H groups in total. The molecule has 0 aliphatic rings. The Kier molecular flexibility index (Phi) is 5.91. The maximum atomic E-state index is 14.8. The molecule has 0 spiro atoms. The Morgan fingerprint density at radius 3 is 1.46 bits per heavy atom. The SMILES string of the molecule is C[Si](C)(C)C(Sc1ccccc1)P(=O)(c1ccccc1)c1ccccc1. The fourth-order valence-corrected chi connectivity index (χ4v) is 14.6. The summed E-state index contributed by atoms with van der Waals surface area (Å²) in [5.74, 6) is 0. The fraction of sp³-hybridized carbons (Fsp3) is 0.182. The average molecular weight is 397 g/mol. The van der Waals surface area contributed by atoms with Crippen molar-refractivity contribution in [3.05, 3.63) is 91.0 Å². The second-order valence-corrected chi connectivity index (χ2v) is 18.1. The monoisotopic (exact) mass is 396 g/mol. The van der Waals surface area contributed by atoms with Gasteiger partial charge in [-0.15, -0.1) is 11.8 Å². The Hall–Kier alpha value is -1.54. The molecule has 3 rings (SSSR count). The van der Waals surface area contributed by atoms with Crippen LogP contribution in [0.1, 0.15) is 0 Å². The topological polar surface area (TPSA) is 17.1 Å². The van der Waals surface area contributed by atoms with E-state index in [4.69, 9.17) is 0 Å². The molecular weight excluding hydrogens is 371 g/mol. The van der Waals surface area contributed by atoms with Gasteiger partial charge in [-0.1, -0.05) is 98.5 Å². The van der Waals surface area contributed by atoms with Gasteiger partial charge in [-0.25, -0.2) is 0 Å². The highest BCUT2D eigenvalue weighted by Crippen LogP contribution is 2.57. The molecule has 3 aromatic carbocycles. The summed E-state index contributed by atoms with van der Waals surface area (Å²) < 4.78 is 14.9. The van der Waals surface area contributed by atoms with Crippen molar-refractivity contribution in [1.82, 2.24) is 0 Å². The van der Waals surface area contributed by atoms with Gasteiger partial charge in [-0.3, -0.25) is 0 Å². The second kappa shape index (κ2) is 8.00. The summed E-state index contributed by atoms with van der Waals surface area (Å²) in [5.41, 5.74) is 0. The zero-order valence-corrected chi connectivity index (χ0v) is 18.2. The number of hydrogen-bond donors (Lipinski definition) is 0. The normalized spacial score (nSPS) is 13.3. The van der Waals surface area contributed by atoms with Crippen molar-refractivity contribution in [2.45, 2.75) is 29.2 Å². The van der Waals surface area contributed by atoms with Gasteiger partial charge in [0.2, 0.25) is 0 Å². The van der Waals surface area contributed by atoms with Gasteiger partial charge in [-0.2, -0.15) is 0 Å². The minimum Gasteiger partial charge on any atom is -0.313 e. The molecule has 0 saturated carbocycles. The van der Waals surface area contributed by atoms with E-state index >= 15 is 0 Å². The molecular formula is C22H25OPSSi. The minimum absolute atomic E-state index is 0.0715. The largest absolute Gasteiger partial charge is 0.313 e. The van der Waals surface area contributed by atoms with Crippen LogP contribution in [0.2, 0.25) is 19.6 Å². The van der Waals surface area contributed by atoms with E-state index in [1.807, 2.05) is 66.7 Å². The molecule has 1 atom stereocenters. The maximum absolute atomic E-state index is 14.8. The van der Waals surface area contributed by atoms with Crippen LogP contribution in [-0.4, -0.2) is 12.7 Å². The lowest BCUT2D eigenvalue weighted by Gasteiger charge is -2.36. The van der Waals surface area contributed by atoms with Crippen LogP contribution in [0.5, 0.6) is 0 Å². The molecule has 0 aliphatic carbocycles. The molecule has 134 valence electrons. The van der Waals surface area contributed by atoms with Crippen LogP contribution in [-0.2, 0) is 4.57 Å². The molecule has 1 nitrogen and oxygen atoms in total. The first-order valence-electron chi connectivity index (χ1n) is 8.85. The standard InChI is InChI=1S/C22H25OPSSi/c1-26(2,3)22(25-21-17-11-6-12-18-21)24(23,19-13-7-4-8-14-19)20-15-9-5-10-16-20/h4-18,22H,1-3H3. The predicted molar refractivity (Wildman–Crippen MR) is 119 cm³/mol. The van der Waals surface area contributed by atoms with E-state index < -0.39 is 15.2 Å². The molecule has 0 heterocycles. The predicted octanol–water partition coefficient (Wildman–Crippen LogP) is 6.00. The van der Waals surface area contributed by atoms with Gasteiger partial charge in [-0.05, 0) is 12.1 Å². The highest BCUT2D eigenvalue weighted by atomic mass is 32.2. The molecule has 1 unspecified atom stereocenters. The van der Waals surface area contributed by atoms with Gasteiger partial charge in [0.1, 0.15) is 0 Å². The van der Waals surface area contributed by atoms with Crippen LogP contribution in [0.25, 0.3) is 0 Å². The third kappa shape index (κ3) is 4.06. The van der Waals surface area contributed by atoms with Crippen molar-refractivity contribution in [1.29, 1.82) is 0 Å². The van der Waals surface area contributed by atoms with Gasteiger partial charge in [0.05, 0.1) is 12.7 Å². The molecule has 0 saturated heterocycles. The first-order chi connectivity index (χ1) is 12.4. The Morgan fingerprint density at radius 2 is 1.08 bits per heavy atom. The Morgan fingerprint density at radius 1 is 0.692 bits per heavy atom. The molecule has 4 heteroatoms. The Labute approximate surface area is 162 Å². The first-order valence-corrected chi connectivity index (χ1v) is 15.1. The van der Waals surface area contributed by atoms with Crippen molar-refractivity contribution in [3.8, 4) is 0 Å². The lowest BCUT2D eigenvalue weighted by Crippen LogP contribution is -2.41. The number of benzene rings is 3. The van der Waals surface area contributed by atoms with Gasteiger partial charge in [0.25, 0.3) is 0 Å². The van der Waals surface area contributed by atoms with Crippen molar-refractivity contribution in [3.63, 3.8) is 0 Å². The van der Waals surface area contributed by atoms with E-state index in [9.17, 15) is 4.57 Å². The first kappa shape index (κ1) is 19.2. The second-order valence-electron chi connectivity index (χ2n) is 7.48. The van der Waals surface area contributed by atoms with Gasteiger partial charge < -0.3 is 4.57 Å². The lowest BCUT2D eigenvalue weighted by molar-refractivity contribution is 0.588. The molecule has 26 heavy (non-hydrogen) atoms. The number of rotatable bonds is 6. The van der Waals surface area contributed by atoms with E-state index in [0.717, 1.165) is 10.6 Å². The molecule has 0 amide bonds. The number of thioether (sulfide) groups is 1. The van der Waals surface area contributed by atoms with Gasteiger partial charge >= 0.3 is 0 Å². The molecule has 0 aliphatic heterocycles. The van der Waals surface area contributed by atoms with Crippen LogP contribution in [0.3, 0.4) is 0 Å². The van der Waals surface area contributed by atoms with Crippen molar-refractivity contribution in [2.75, 3.05) is 0 Å². The summed E-state index contributed by atoms with van der Waals surface area (Å²) in [6.45, 7) is 6.98. The van der Waals surface area contributed by atoms with Crippen LogP contribution in [0.15, 0.2) is 95.9 Å². The molecule has 0 radical (unpaired) electrons. The van der Waals surface area contributed by atoms with E-state index in [2.05, 4.69) is 43.9 Å².